The first-order chi connectivity index (χ1) is 12.5. The normalized spacial score (nSPS) is 32.1. The number of fused-ring (bicyclic) bond motifs is 2. The molecule has 1 spiro atoms. The van der Waals surface area contributed by atoms with Crippen molar-refractivity contribution in [3.8, 4) is 5.75 Å². The number of benzene rings is 1. The summed E-state index contributed by atoms with van der Waals surface area (Å²) in [4.78, 5) is 0. The lowest BCUT2D eigenvalue weighted by atomic mass is 9.76. The Kier molecular flexibility index (Phi) is 3.46. The summed E-state index contributed by atoms with van der Waals surface area (Å²) in [5, 5.41) is 23.5. The SMILES string of the molecule is C[C@H]1C[C@@](O)(c2ccc3c(c2)C2(CCO3)CC2)C[C@@H](c2cn(C)nn2)N1. The molecule has 6 heteroatoms. The van der Waals surface area contributed by atoms with Gasteiger partial charge < -0.3 is 15.2 Å². The largest absolute Gasteiger partial charge is 0.493 e. The fraction of sp³-hybridized carbons (Fsp3) is 0.600. The average molecular weight is 354 g/mol. The number of aryl methyl sites for hydroxylation is 1. The fourth-order valence-electron chi connectivity index (χ4n) is 4.86. The topological polar surface area (TPSA) is 72.2 Å². The summed E-state index contributed by atoms with van der Waals surface area (Å²) in [5.41, 5.74) is 2.64. The maximum Gasteiger partial charge on any atom is 0.123 e. The predicted octanol–water partition coefficient (Wildman–Crippen LogP) is 2.33. The third kappa shape index (κ3) is 2.55. The van der Waals surface area contributed by atoms with Crippen molar-refractivity contribution >= 4 is 0 Å². The van der Waals surface area contributed by atoms with E-state index >= 15 is 0 Å². The third-order valence-corrected chi connectivity index (χ3v) is 6.43. The van der Waals surface area contributed by atoms with Gasteiger partial charge >= 0.3 is 0 Å². The molecule has 0 amide bonds. The van der Waals surface area contributed by atoms with E-state index in [9.17, 15) is 5.11 Å². The second-order valence-corrected chi connectivity index (χ2v) is 8.47. The minimum Gasteiger partial charge on any atom is -0.493 e. The molecule has 1 aromatic heterocycles. The van der Waals surface area contributed by atoms with Crippen LogP contribution in [0.4, 0.5) is 0 Å². The number of hydrogen-bond acceptors (Lipinski definition) is 5. The number of nitrogens with one attached hydrogen (secondary N) is 1. The van der Waals surface area contributed by atoms with Crippen LogP contribution in [0.1, 0.15) is 61.9 Å². The van der Waals surface area contributed by atoms with Crippen molar-refractivity contribution in [3.05, 3.63) is 41.2 Å². The van der Waals surface area contributed by atoms with Gasteiger partial charge in [0.1, 0.15) is 5.75 Å². The van der Waals surface area contributed by atoms with E-state index in [-0.39, 0.29) is 12.1 Å². The molecule has 5 rings (SSSR count). The first-order valence-electron chi connectivity index (χ1n) is 9.60. The standard InChI is InChI=1S/C20H26N4O2/c1-13-10-20(25,11-16(21-13)17-12-24(2)23-22-17)14-3-4-18-15(9-14)19(5-6-19)7-8-26-18/h3-4,9,12-13,16,21,25H,5-8,10-11H2,1-2H3/t13-,16-,20-/m0/s1. The van der Waals surface area contributed by atoms with Gasteiger partial charge in [0, 0.05) is 36.7 Å². The second kappa shape index (κ2) is 5.54. The Bertz CT molecular complexity index is 844. The van der Waals surface area contributed by atoms with Crippen molar-refractivity contribution in [2.75, 3.05) is 6.61 Å². The lowest BCUT2D eigenvalue weighted by Gasteiger charge is -2.41. The maximum atomic E-state index is 11.6. The summed E-state index contributed by atoms with van der Waals surface area (Å²) in [6.07, 6.45) is 6.80. The van der Waals surface area contributed by atoms with E-state index in [2.05, 4.69) is 34.7 Å². The molecule has 2 aromatic rings. The molecule has 26 heavy (non-hydrogen) atoms. The van der Waals surface area contributed by atoms with Crippen LogP contribution in [0.15, 0.2) is 24.4 Å². The molecule has 0 bridgehead atoms. The van der Waals surface area contributed by atoms with Crippen molar-refractivity contribution in [1.29, 1.82) is 0 Å². The van der Waals surface area contributed by atoms with Crippen LogP contribution in [-0.2, 0) is 18.1 Å². The Hall–Kier alpha value is -1.92. The molecule has 0 radical (unpaired) electrons. The van der Waals surface area contributed by atoms with E-state index in [4.69, 9.17) is 4.74 Å². The number of ether oxygens (including phenoxy) is 1. The predicted molar refractivity (Wildman–Crippen MR) is 96.9 cm³/mol. The van der Waals surface area contributed by atoms with Crippen LogP contribution < -0.4 is 10.1 Å². The number of aromatic nitrogens is 3. The zero-order chi connectivity index (χ0) is 17.9. The highest BCUT2D eigenvalue weighted by molar-refractivity contribution is 5.48. The first kappa shape index (κ1) is 16.3. The monoisotopic (exact) mass is 354 g/mol. The molecule has 3 heterocycles. The van der Waals surface area contributed by atoms with Crippen molar-refractivity contribution in [1.82, 2.24) is 20.3 Å². The summed E-state index contributed by atoms with van der Waals surface area (Å²) in [6, 6.07) is 6.52. The molecule has 0 unspecified atom stereocenters. The zero-order valence-electron chi connectivity index (χ0n) is 15.4. The van der Waals surface area contributed by atoms with E-state index in [1.807, 2.05) is 19.3 Å². The van der Waals surface area contributed by atoms with Crippen LogP contribution in [0.2, 0.25) is 0 Å². The number of hydrogen-bond donors (Lipinski definition) is 2. The van der Waals surface area contributed by atoms with Gasteiger partial charge in [-0.25, -0.2) is 0 Å². The smallest absolute Gasteiger partial charge is 0.123 e. The zero-order valence-corrected chi connectivity index (χ0v) is 15.4. The van der Waals surface area contributed by atoms with Gasteiger partial charge in [0.15, 0.2) is 0 Å². The highest BCUT2D eigenvalue weighted by Gasteiger charge is 2.49. The summed E-state index contributed by atoms with van der Waals surface area (Å²) in [6.45, 7) is 2.93. The highest BCUT2D eigenvalue weighted by Crippen LogP contribution is 2.56. The molecule has 1 aromatic carbocycles. The number of nitrogens with zero attached hydrogens (tertiary/aromatic N) is 3. The first-order valence-corrected chi connectivity index (χ1v) is 9.60. The van der Waals surface area contributed by atoms with Gasteiger partial charge in [-0.3, -0.25) is 4.68 Å². The Morgan fingerprint density at radius 2 is 2.12 bits per heavy atom. The molecule has 2 aliphatic heterocycles. The average Bonchev–Trinajstić information content (AvgIpc) is 3.24. The van der Waals surface area contributed by atoms with Crippen molar-refractivity contribution in [2.45, 2.75) is 62.1 Å². The Labute approximate surface area is 153 Å². The summed E-state index contributed by atoms with van der Waals surface area (Å²) in [7, 11) is 1.87. The summed E-state index contributed by atoms with van der Waals surface area (Å²) < 4.78 is 7.58. The van der Waals surface area contributed by atoms with Gasteiger partial charge in [0.2, 0.25) is 0 Å². The van der Waals surface area contributed by atoms with E-state index in [0.29, 0.717) is 18.3 Å². The molecule has 3 atom stereocenters. The van der Waals surface area contributed by atoms with Crippen LogP contribution in [0.5, 0.6) is 5.75 Å². The Morgan fingerprint density at radius 1 is 1.27 bits per heavy atom. The van der Waals surface area contributed by atoms with Gasteiger partial charge in [-0.1, -0.05) is 11.3 Å². The van der Waals surface area contributed by atoms with E-state index < -0.39 is 5.60 Å². The van der Waals surface area contributed by atoms with Crippen LogP contribution in [0.25, 0.3) is 0 Å². The van der Waals surface area contributed by atoms with E-state index in [0.717, 1.165) is 30.0 Å². The van der Waals surface area contributed by atoms with Crippen molar-refractivity contribution in [3.63, 3.8) is 0 Å². The van der Waals surface area contributed by atoms with Crippen LogP contribution >= 0.6 is 0 Å². The summed E-state index contributed by atoms with van der Waals surface area (Å²) >= 11 is 0. The minimum absolute atomic E-state index is 0.000354. The fourth-order valence-corrected chi connectivity index (χ4v) is 4.86. The molecule has 1 aliphatic carbocycles. The van der Waals surface area contributed by atoms with Gasteiger partial charge in [0.05, 0.1) is 23.9 Å². The molecule has 138 valence electrons. The van der Waals surface area contributed by atoms with Gasteiger partial charge in [-0.15, -0.1) is 5.10 Å². The molecule has 1 saturated heterocycles. The number of piperidine rings is 1. The second-order valence-electron chi connectivity index (χ2n) is 8.47. The molecule has 2 fully saturated rings. The molecule has 2 N–H and O–H groups in total. The molecule has 1 saturated carbocycles. The van der Waals surface area contributed by atoms with Crippen LogP contribution in [-0.4, -0.2) is 32.7 Å². The van der Waals surface area contributed by atoms with E-state index in [1.165, 1.54) is 18.4 Å². The van der Waals surface area contributed by atoms with Gasteiger partial charge in [-0.2, -0.15) is 0 Å². The molecule has 6 nitrogen and oxygen atoms in total. The minimum atomic E-state index is -0.866. The quantitative estimate of drug-likeness (QED) is 0.866. The Balaban J connectivity index is 1.50. The lowest BCUT2D eigenvalue weighted by molar-refractivity contribution is -0.0237. The molecular formula is C20H26N4O2. The van der Waals surface area contributed by atoms with Crippen LogP contribution in [0.3, 0.4) is 0 Å². The van der Waals surface area contributed by atoms with Crippen molar-refractivity contribution in [2.24, 2.45) is 7.05 Å². The molecule has 3 aliphatic rings. The Morgan fingerprint density at radius 3 is 2.85 bits per heavy atom. The number of rotatable bonds is 2. The van der Waals surface area contributed by atoms with E-state index in [1.54, 1.807) is 4.68 Å². The lowest BCUT2D eigenvalue weighted by Crippen LogP contribution is -2.47. The number of aliphatic hydroxyl groups is 1. The van der Waals surface area contributed by atoms with Gasteiger partial charge in [-0.05, 0) is 50.3 Å². The maximum absolute atomic E-state index is 11.6. The summed E-state index contributed by atoms with van der Waals surface area (Å²) in [5.74, 6) is 1.01. The highest BCUT2D eigenvalue weighted by atomic mass is 16.5. The van der Waals surface area contributed by atoms with Crippen molar-refractivity contribution < 1.29 is 9.84 Å². The third-order valence-electron chi connectivity index (χ3n) is 6.43. The molecular weight excluding hydrogens is 328 g/mol. The van der Waals surface area contributed by atoms with Gasteiger partial charge in [0.25, 0.3) is 0 Å². The van der Waals surface area contributed by atoms with Crippen LogP contribution in [0, 0.1) is 0 Å².